The van der Waals surface area contributed by atoms with E-state index in [1.54, 1.807) is 0 Å². The molecule has 1 aliphatic rings. The van der Waals surface area contributed by atoms with Crippen molar-refractivity contribution in [3.8, 4) is 0 Å². The van der Waals surface area contributed by atoms with Gasteiger partial charge in [0.15, 0.2) is 11.6 Å². The highest BCUT2D eigenvalue weighted by Gasteiger charge is 2.30. The lowest BCUT2D eigenvalue weighted by atomic mass is 9.97. The maximum Gasteiger partial charge on any atom is 0.227 e. The number of amides is 1. The van der Waals surface area contributed by atoms with Gasteiger partial charge < -0.3 is 5.32 Å². The molecule has 1 aliphatic heterocycles. The van der Waals surface area contributed by atoms with Crippen LogP contribution in [0.1, 0.15) is 32.6 Å². The summed E-state index contributed by atoms with van der Waals surface area (Å²) < 4.78 is 51.7. The average Bonchev–Trinajstić information content (AvgIpc) is 2.56. The molecule has 0 saturated carbocycles. The summed E-state index contributed by atoms with van der Waals surface area (Å²) in [7, 11) is -3.25. The Hall–Kier alpha value is -1.54. The number of anilines is 1. The summed E-state index contributed by atoms with van der Waals surface area (Å²) in [6.45, 7) is 2.55. The van der Waals surface area contributed by atoms with Crippen LogP contribution in [0.5, 0.6) is 0 Å². The molecule has 0 unspecified atom stereocenters. The molecular weight excluding hydrogens is 338 g/mol. The number of halogens is 2. The van der Waals surface area contributed by atoms with Gasteiger partial charge in [0.05, 0.1) is 5.75 Å². The molecule has 1 heterocycles. The van der Waals surface area contributed by atoms with Crippen LogP contribution in [-0.4, -0.2) is 37.5 Å². The lowest BCUT2D eigenvalue weighted by Crippen LogP contribution is -2.42. The largest absolute Gasteiger partial charge is 0.326 e. The van der Waals surface area contributed by atoms with Gasteiger partial charge in [-0.2, -0.15) is 0 Å². The maximum absolute atomic E-state index is 13.2. The molecule has 8 heteroatoms. The molecule has 134 valence electrons. The zero-order valence-corrected chi connectivity index (χ0v) is 14.4. The molecule has 1 N–H and O–H groups in total. The molecule has 0 aliphatic carbocycles. The molecule has 1 fully saturated rings. The van der Waals surface area contributed by atoms with Crippen LogP contribution >= 0.6 is 0 Å². The van der Waals surface area contributed by atoms with Crippen LogP contribution in [0.3, 0.4) is 0 Å². The molecule has 24 heavy (non-hydrogen) atoms. The number of hydrogen-bond acceptors (Lipinski definition) is 3. The maximum atomic E-state index is 13.2. The molecule has 1 aromatic rings. The van der Waals surface area contributed by atoms with Crippen molar-refractivity contribution in [2.45, 2.75) is 32.6 Å². The molecule has 1 aromatic carbocycles. The first-order valence-corrected chi connectivity index (χ1v) is 9.68. The Labute approximate surface area is 141 Å². The Balaban J connectivity index is 1.89. The van der Waals surface area contributed by atoms with Gasteiger partial charge >= 0.3 is 0 Å². The number of carbonyl (C=O) groups excluding carboxylic acids is 1. The lowest BCUT2D eigenvalue weighted by molar-refractivity contribution is -0.120. The van der Waals surface area contributed by atoms with Crippen LogP contribution in [-0.2, 0) is 14.8 Å². The van der Waals surface area contributed by atoms with E-state index < -0.39 is 21.7 Å². The van der Waals surface area contributed by atoms with E-state index in [-0.39, 0.29) is 23.3 Å². The highest BCUT2D eigenvalue weighted by atomic mass is 32.2. The van der Waals surface area contributed by atoms with E-state index in [4.69, 9.17) is 0 Å². The monoisotopic (exact) mass is 360 g/mol. The number of nitrogens with zero attached hydrogens (tertiary/aromatic N) is 1. The summed E-state index contributed by atoms with van der Waals surface area (Å²) in [6.07, 6.45) is 2.27. The normalized spacial score (nSPS) is 17.0. The third kappa shape index (κ3) is 4.73. The predicted molar refractivity (Wildman–Crippen MR) is 88.0 cm³/mol. The van der Waals surface area contributed by atoms with Gasteiger partial charge in [-0.15, -0.1) is 0 Å². The van der Waals surface area contributed by atoms with E-state index in [1.807, 2.05) is 6.92 Å². The second kappa shape index (κ2) is 8.02. The first-order valence-electron chi connectivity index (χ1n) is 8.07. The average molecular weight is 360 g/mol. The van der Waals surface area contributed by atoms with E-state index in [9.17, 15) is 22.0 Å². The highest BCUT2D eigenvalue weighted by molar-refractivity contribution is 7.89. The summed E-state index contributed by atoms with van der Waals surface area (Å²) in [5, 5.41) is 2.55. The molecule has 0 spiro atoms. The van der Waals surface area contributed by atoms with Gasteiger partial charge in [-0.25, -0.2) is 21.5 Å². The standard InChI is InChI=1S/C16H22F2N2O3S/c1-2-3-10-24(22,23)20-8-6-12(7-9-20)16(21)19-13-4-5-14(17)15(18)11-13/h4-5,11-12H,2-3,6-10H2,1H3,(H,19,21). The third-order valence-electron chi connectivity index (χ3n) is 4.16. The molecule has 1 saturated heterocycles. The van der Waals surface area contributed by atoms with E-state index in [1.165, 1.54) is 10.4 Å². The Morgan fingerprint density at radius 1 is 1.25 bits per heavy atom. The van der Waals surface area contributed by atoms with Crippen molar-refractivity contribution in [1.82, 2.24) is 4.31 Å². The van der Waals surface area contributed by atoms with Gasteiger partial charge in [0, 0.05) is 30.8 Å². The Kier molecular flexibility index (Phi) is 6.28. The molecule has 1 amide bonds. The van der Waals surface area contributed by atoms with Gasteiger partial charge in [0.2, 0.25) is 15.9 Å². The Morgan fingerprint density at radius 2 is 1.92 bits per heavy atom. The van der Waals surface area contributed by atoms with Crippen LogP contribution in [0.25, 0.3) is 0 Å². The first-order chi connectivity index (χ1) is 11.3. The molecule has 0 aromatic heterocycles. The van der Waals surface area contributed by atoms with Crippen LogP contribution in [0.4, 0.5) is 14.5 Å². The molecule has 0 atom stereocenters. The smallest absolute Gasteiger partial charge is 0.227 e. The van der Waals surface area contributed by atoms with Gasteiger partial charge in [0.25, 0.3) is 0 Å². The number of unbranched alkanes of at least 4 members (excludes halogenated alkanes) is 1. The number of carbonyl (C=O) groups is 1. The Morgan fingerprint density at radius 3 is 2.50 bits per heavy atom. The van der Waals surface area contributed by atoms with Crippen molar-refractivity contribution in [1.29, 1.82) is 0 Å². The summed E-state index contributed by atoms with van der Waals surface area (Å²) >= 11 is 0. The van der Waals surface area contributed by atoms with Gasteiger partial charge in [0.1, 0.15) is 0 Å². The first kappa shape index (κ1) is 18.8. The van der Waals surface area contributed by atoms with E-state index in [2.05, 4.69) is 5.32 Å². The fourth-order valence-corrected chi connectivity index (χ4v) is 4.35. The van der Waals surface area contributed by atoms with E-state index in [0.29, 0.717) is 32.4 Å². The topological polar surface area (TPSA) is 66.5 Å². The highest BCUT2D eigenvalue weighted by Crippen LogP contribution is 2.22. The zero-order valence-electron chi connectivity index (χ0n) is 13.6. The number of benzene rings is 1. The summed E-state index contributed by atoms with van der Waals surface area (Å²) in [5.41, 5.74) is 0.192. The third-order valence-corrected chi connectivity index (χ3v) is 6.12. The number of rotatable bonds is 6. The second-order valence-electron chi connectivity index (χ2n) is 5.96. The minimum atomic E-state index is -3.25. The summed E-state index contributed by atoms with van der Waals surface area (Å²) in [4.78, 5) is 12.2. The van der Waals surface area contributed by atoms with Crippen molar-refractivity contribution < 1.29 is 22.0 Å². The number of hydrogen-bond donors (Lipinski definition) is 1. The van der Waals surface area contributed by atoms with Crippen molar-refractivity contribution in [3.05, 3.63) is 29.8 Å². The van der Waals surface area contributed by atoms with E-state index in [0.717, 1.165) is 18.6 Å². The number of piperidine rings is 1. The van der Waals surface area contributed by atoms with Gasteiger partial charge in [-0.1, -0.05) is 13.3 Å². The molecule has 5 nitrogen and oxygen atoms in total. The van der Waals surface area contributed by atoms with E-state index >= 15 is 0 Å². The predicted octanol–water partition coefficient (Wildman–Crippen LogP) is 2.75. The molecule has 0 radical (unpaired) electrons. The molecular formula is C16H22F2N2O3S. The second-order valence-corrected chi connectivity index (χ2v) is 8.05. The van der Waals surface area contributed by atoms with Gasteiger partial charge in [-0.05, 0) is 31.4 Å². The summed E-state index contributed by atoms with van der Waals surface area (Å²) in [6, 6.07) is 3.17. The SMILES string of the molecule is CCCCS(=O)(=O)N1CCC(C(=O)Nc2ccc(F)c(F)c2)CC1. The minimum Gasteiger partial charge on any atom is -0.326 e. The fraction of sp³-hybridized carbons (Fsp3) is 0.562. The van der Waals surface area contributed by atoms with Crippen molar-refractivity contribution in [2.75, 3.05) is 24.2 Å². The van der Waals surface area contributed by atoms with Crippen molar-refractivity contribution in [3.63, 3.8) is 0 Å². The quantitative estimate of drug-likeness (QED) is 0.848. The lowest BCUT2D eigenvalue weighted by Gasteiger charge is -2.30. The number of sulfonamides is 1. The number of nitrogens with one attached hydrogen (secondary N) is 1. The van der Waals surface area contributed by atoms with Crippen molar-refractivity contribution >= 4 is 21.6 Å². The zero-order chi connectivity index (χ0) is 17.7. The fourth-order valence-electron chi connectivity index (χ4n) is 2.67. The van der Waals surface area contributed by atoms with Crippen LogP contribution in [0.15, 0.2) is 18.2 Å². The molecule has 0 bridgehead atoms. The van der Waals surface area contributed by atoms with Gasteiger partial charge in [-0.3, -0.25) is 4.79 Å². The Bertz CT molecular complexity index is 687. The van der Waals surface area contributed by atoms with Crippen LogP contribution in [0.2, 0.25) is 0 Å². The van der Waals surface area contributed by atoms with Crippen LogP contribution < -0.4 is 5.32 Å². The molecule has 2 rings (SSSR count). The van der Waals surface area contributed by atoms with Crippen LogP contribution in [0, 0.1) is 17.6 Å². The minimum absolute atomic E-state index is 0.134. The van der Waals surface area contributed by atoms with Crippen molar-refractivity contribution in [2.24, 2.45) is 5.92 Å². The summed E-state index contributed by atoms with van der Waals surface area (Å²) in [5.74, 6) is -2.50.